The van der Waals surface area contributed by atoms with Crippen molar-refractivity contribution in [2.24, 2.45) is 0 Å². The molecule has 3 rings (SSSR count). The number of thioether (sulfide) groups is 1. The van der Waals surface area contributed by atoms with Crippen LogP contribution in [0.2, 0.25) is 0 Å². The van der Waals surface area contributed by atoms with E-state index in [0.717, 1.165) is 25.8 Å². The summed E-state index contributed by atoms with van der Waals surface area (Å²) >= 11 is 2.95. The summed E-state index contributed by atoms with van der Waals surface area (Å²) in [6, 6.07) is 10.9. The highest BCUT2D eigenvalue weighted by molar-refractivity contribution is 14.1. The van der Waals surface area contributed by atoms with E-state index < -0.39 is 17.1 Å². The summed E-state index contributed by atoms with van der Waals surface area (Å²) in [5, 5.41) is 2.22. The van der Waals surface area contributed by atoms with Gasteiger partial charge in [-0.05, 0) is 91.0 Å². The Balaban J connectivity index is 1.75. The molecule has 3 amide bonds. The molecule has 0 saturated carbocycles. The summed E-state index contributed by atoms with van der Waals surface area (Å²) in [6.07, 6.45) is 1.60. The summed E-state index contributed by atoms with van der Waals surface area (Å²) in [4.78, 5) is 38.7. The Morgan fingerprint density at radius 1 is 1.22 bits per heavy atom. The zero-order valence-electron chi connectivity index (χ0n) is 18.1. The van der Waals surface area contributed by atoms with Crippen molar-refractivity contribution in [1.29, 1.82) is 0 Å². The van der Waals surface area contributed by atoms with Gasteiger partial charge in [-0.25, -0.2) is 0 Å². The average Bonchev–Trinajstić information content (AvgIpc) is 2.98. The van der Waals surface area contributed by atoms with E-state index in [2.05, 4.69) is 27.9 Å². The number of rotatable bonds is 7. The molecule has 1 aliphatic heterocycles. The minimum absolute atomic E-state index is 0.0224. The number of nitrogens with zero attached hydrogens (tertiary/aromatic N) is 1. The first kappa shape index (κ1) is 24.1. The second-order valence-corrected chi connectivity index (χ2v) is 9.54. The first-order valence-electron chi connectivity index (χ1n) is 9.84. The van der Waals surface area contributed by atoms with Gasteiger partial charge in [0.2, 0.25) is 5.91 Å². The van der Waals surface area contributed by atoms with Gasteiger partial charge in [-0.1, -0.05) is 17.7 Å². The number of benzene rings is 2. The number of amides is 3. The predicted octanol–water partition coefficient (Wildman–Crippen LogP) is 5.07. The average molecular weight is 566 g/mol. The number of imide groups is 1. The molecule has 0 spiro atoms. The van der Waals surface area contributed by atoms with E-state index in [0.29, 0.717) is 22.7 Å². The largest absolute Gasteiger partial charge is 0.493 e. The fourth-order valence-corrected chi connectivity index (χ4v) is 4.53. The van der Waals surface area contributed by atoms with Crippen LogP contribution in [-0.2, 0) is 9.59 Å². The molecule has 168 valence electrons. The molecular formula is C23H23IN2O5S. The lowest BCUT2D eigenvalue weighted by atomic mass is 10.1. The zero-order valence-corrected chi connectivity index (χ0v) is 21.1. The SMILES string of the molecule is COc1cc(/C=C2/SC(=O)N(CC(=O)Nc3ccc(C)cc3)C2=O)cc(I)c1OC(C)C. The number of ether oxygens (including phenoxy) is 2. The summed E-state index contributed by atoms with van der Waals surface area (Å²) in [6.45, 7) is 5.44. The number of nitrogens with one attached hydrogen (secondary N) is 1. The van der Waals surface area contributed by atoms with Crippen LogP contribution in [0.4, 0.5) is 10.5 Å². The highest BCUT2D eigenvalue weighted by Crippen LogP contribution is 2.37. The molecule has 1 N–H and O–H groups in total. The molecule has 0 bridgehead atoms. The van der Waals surface area contributed by atoms with E-state index in [4.69, 9.17) is 9.47 Å². The summed E-state index contributed by atoms with van der Waals surface area (Å²) in [5.74, 6) is 0.217. The van der Waals surface area contributed by atoms with E-state index in [1.807, 2.05) is 39.0 Å². The van der Waals surface area contributed by atoms with Crippen LogP contribution in [0.5, 0.6) is 11.5 Å². The number of methoxy groups -OCH3 is 1. The fourth-order valence-electron chi connectivity index (χ4n) is 2.94. The molecule has 0 atom stereocenters. The Bertz CT molecular complexity index is 1080. The van der Waals surface area contributed by atoms with Crippen LogP contribution in [0.1, 0.15) is 25.0 Å². The molecule has 1 fully saturated rings. The molecule has 1 saturated heterocycles. The summed E-state index contributed by atoms with van der Waals surface area (Å²) in [7, 11) is 1.54. The Morgan fingerprint density at radius 3 is 2.53 bits per heavy atom. The van der Waals surface area contributed by atoms with Crippen molar-refractivity contribution in [2.45, 2.75) is 26.9 Å². The third-order valence-electron chi connectivity index (χ3n) is 4.41. The number of hydrogen-bond donors (Lipinski definition) is 1. The Labute approximate surface area is 204 Å². The van der Waals surface area contributed by atoms with Crippen molar-refractivity contribution in [3.63, 3.8) is 0 Å². The van der Waals surface area contributed by atoms with Crippen LogP contribution in [0.15, 0.2) is 41.3 Å². The zero-order chi connectivity index (χ0) is 23.4. The van der Waals surface area contributed by atoms with E-state index >= 15 is 0 Å². The highest BCUT2D eigenvalue weighted by atomic mass is 127. The van der Waals surface area contributed by atoms with Crippen molar-refractivity contribution in [1.82, 2.24) is 4.90 Å². The monoisotopic (exact) mass is 566 g/mol. The van der Waals surface area contributed by atoms with Crippen molar-refractivity contribution in [3.8, 4) is 11.5 Å². The Morgan fingerprint density at radius 2 is 1.91 bits per heavy atom. The van der Waals surface area contributed by atoms with E-state index in [-0.39, 0.29) is 17.6 Å². The quantitative estimate of drug-likeness (QED) is 0.372. The minimum Gasteiger partial charge on any atom is -0.493 e. The summed E-state index contributed by atoms with van der Waals surface area (Å²) in [5.41, 5.74) is 2.36. The van der Waals surface area contributed by atoms with Gasteiger partial charge in [0.1, 0.15) is 6.54 Å². The molecule has 0 aliphatic carbocycles. The van der Waals surface area contributed by atoms with Crippen LogP contribution >= 0.6 is 34.4 Å². The molecule has 1 heterocycles. The Hall–Kier alpha value is -2.53. The standard InChI is InChI=1S/C23H23IN2O5S/c1-13(2)31-21-17(24)9-15(10-18(21)30-4)11-19-22(28)26(23(29)32-19)12-20(27)25-16-7-5-14(3)6-8-16/h5-11,13H,12H2,1-4H3,(H,25,27)/b19-11+. The molecule has 32 heavy (non-hydrogen) atoms. The number of carbonyl (C=O) groups excluding carboxylic acids is 3. The van der Waals surface area contributed by atoms with Crippen molar-refractivity contribution >= 4 is 63.2 Å². The predicted molar refractivity (Wildman–Crippen MR) is 134 cm³/mol. The molecule has 1 aliphatic rings. The van der Waals surface area contributed by atoms with Crippen LogP contribution < -0.4 is 14.8 Å². The maximum absolute atomic E-state index is 12.8. The maximum atomic E-state index is 12.8. The smallest absolute Gasteiger partial charge is 0.294 e. The molecule has 0 radical (unpaired) electrons. The van der Waals surface area contributed by atoms with Crippen LogP contribution in [0.25, 0.3) is 6.08 Å². The lowest BCUT2D eigenvalue weighted by Gasteiger charge is -2.16. The first-order chi connectivity index (χ1) is 15.2. The van der Waals surface area contributed by atoms with Crippen molar-refractivity contribution < 1.29 is 23.9 Å². The van der Waals surface area contributed by atoms with Gasteiger partial charge in [-0.2, -0.15) is 0 Å². The molecule has 0 aromatic heterocycles. The molecular weight excluding hydrogens is 543 g/mol. The molecule has 2 aromatic carbocycles. The molecule has 7 nitrogen and oxygen atoms in total. The lowest BCUT2D eigenvalue weighted by Crippen LogP contribution is -2.36. The third-order valence-corrected chi connectivity index (χ3v) is 6.12. The van der Waals surface area contributed by atoms with Crippen LogP contribution in [0, 0.1) is 10.5 Å². The number of halogens is 1. The fraction of sp³-hybridized carbons (Fsp3) is 0.261. The van der Waals surface area contributed by atoms with Crippen molar-refractivity contribution in [3.05, 3.63) is 56.0 Å². The van der Waals surface area contributed by atoms with Gasteiger partial charge in [0.15, 0.2) is 11.5 Å². The number of carbonyl (C=O) groups is 3. The van der Waals surface area contributed by atoms with E-state index in [1.54, 1.807) is 31.4 Å². The normalized spacial score (nSPS) is 14.9. The van der Waals surface area contributed by atoms with E-state index in [9.17, 15) is 14.4 Å². The molecule has 0 unspecified atom stereocenters. The second kappa shape index (κ2) is 10.4. The van der Waals surface area contributed by atoms with Gasteiger partial charge in [0, 0.05) is 5.69 Å². The van der Waals surface area contributed by atoms with Gasteiger partial charge in [-0.15, -0.1) is 0 Å². The number of anilines is 1. The maximum Gasteiger partial charge on any atom is 0.294 e. The number of aryl methyl sites for hydroxylation is 1. The van der Waals surface area contributed by atoms with E-state index in [1.165, 1.54) is 0 Å². The van der Waals surface area contributed by atoms with Gasteiger partial charge < -0.3 is 14.8 Å². The minimum atomic E-state index is -0.504. The molecule has 9 heteroatoms. The lowest BCUT2D eigenvalue weighted by molar-refractivity contribution is -0.127. The highest BCUT2D eigenvalue weighted by Gasteiger charge is 2.36. The summed E-state index contributed by atoms with van der Waals surface area (Å²) < 4.78 is 12.1. The Kier molecular flexibility index (Phi) is 7.83. The number of hydrogen-bond acceptors (Lipinski definition) is 6. The van der Waals surface area contributed by atoms with Gasteiger partial charge in [-0.3, -0.25) is 19.3 Å². The first-order valence-corrected chi connectivity index (χ1v) is 11.7. The second-order valence-electron chi connectivity index (χ2n) is 7.38. The van der Waals surface area contributed by atoms with Gasteiger partial charge in [0.05, 0.1) is 21.7 Å². The molecule has 2 aromatic rings. The van der Waals surface area contributed by atoms with Crippen molar-refractivity contribution in [2.75, 3.05) is 19.0 Å². The third kappa shape index (κ3) is 5.83. The van der Waals surface area contributed by atoms with Gasteiger partial charge >= 0.3 is 0 Å². The van der Waals surface area contributed by atoms with Crippen LogP contribution in [-0.4, -0.2) is 41.7 Å². The topological polar surface area (TPSA) is 84.9 Å². The van der Waals surface area contributed by atoms with Gasteiger partial charge in [0.25, 0.3) is 11.1 Å². The van der Waals surface area contributed by atoms with Crippen LogP contribution in [0.3, 0.4) is 0 Å².